The van der Waals surface area contributed by atoms with Crippen molar-refractivity contribution < 1.29 is 32.3 Å². The number of amides is 3. The lowest BCUT2D eigenvalue weighted by atomic mass is 10.1. The third-order valence-electron chi connectivity index (χ3n) is 5.79. The van der Waals surface area contributed by atoms with E-state index in [4.69, 9.17) is 4.74 Å². The number of nitrogens with zero attached hydrogens (tertiary/aromatic N) is 3. The van der Waals surface area contributed by atoms with E-state index >= 15 is 0 Å². The maximum Gasteiger partial charge on any atom is 0.416 e. The number of ether oxygens (including phenoxy) is 1. The third kappa shape index (κ3) is 4.61. The van der Waals surface area contributed by atoms with E-state index in [0.717, 1.165) is 23.9 Å². The average Bonchev–Trinajstić information content (AvgIpc) is 3.36. The molecule has 0 aromatic heterocycles. The number of rotatable bonds is 3. The normalized spacial score (nSPS) is 20.0. The number of fused-ring (bicyclic) bond motifs is 1. The summed E-state index contributed by atoms with van der Waals surface area (Å²) in [7, 11) is 0. The summed E-state index contributed by atoms with van der Waals surface area (Å²) in [6, 6.07) is 11.0. The standard InChI is InChI=1S/C24H19F3N4O4S/c25-24(26,27)14-4-3-5-15(12-14)28-18(32)13-31-17-7-2-1-6-16(17)19(22(31)34)20-21(33)29-23(36-20)30-8-10-35-11-9-30/h1-7,12H,8-11,13H2,(H,28,32). The number of benzene rings is 2. The minimum Gasteiger partial charge on any atom is -0.378 e. The third-order valence-corrected chi connectivity index (χ3v) is 6.91. The Morgan fingerprint density at radius 3 is 2.58 bits per heavy atom. The first-order chi connectivity index (χ1) is 17.2. The minimum absolute atomic E-state index is 0.0431. The Balaban J connectivity index is 1.38. The molecule has 0 spiro atoms. The Hall–Kier alpha value is -3.64. The van der Waals surface area contributed by atoms with Crippen LogP contribution in [0.4, 0.5) is 24.5 Å². The highest BCUT2D eigenvalue weighted by molar-refractivity contribution is 8.18. The summed E-state index contributed by atoms with van der Waals surface area (Å²) in [5, 5.41) is 2.91. The van der Waals surface area contributed by atoms with Crippen molar-refractivity contribution in [2.24, 2.45) is 4.99 Å². The number of anilines is 2. The molecule has 3 amide bonds. The smallest absolute Gasteiger partial charge is 0.378 e. The van der Waals surface area contributed by atoms with Crippen LogP contribution >= 0.6 is 11.8 Å². The molecule has 2 aromatic carbocycles. The van der Waals surface area contributed by atoms with Crippen molar-refractivity contribution in [3.05, 3.63) is 64.6 Å². The quantitative estimate of drug-likeness (QED) is 0.630. The molecule has 2 aromatic rings. The summed E-state index contributed by atoms with van der Waals surface area (Å²) < 4.78 is 44.3. The Morgan fingerprint density at radius 2 is 1.83 bits per heavy atom. The molecule has 12 heteroatoms. The van der Waals surface area contributed by atoms with Crippen LogP contribution in [-0.4, -0.2) is 60.6 Å². The predicted molar refractivity (Wildman–Crippen MR) is 128 cm³/mol. The maximum atomic E-state index is 13.4. The van der Waals surface area contributed by atoms with Crippen molar-refractivity contribution in [3.63, 3.8) is 0 Å². The van der Waals surface area contributed by atoms with Crippen LogP contribution in [0.2, 0.25) is 0 Å². The van der Waals surface area contributed by atoms with Crippen molar-refractivity contribution in [1.29, 1.82) is 0 Å². The molecule has 1 fully saturated rings. The number of para-hydroxylation sites is 1. The Labute approximate surface area is 207 Å². The van der Waals surface area contributed by atoms with Gasteiger partial charge in [0.2, 0.25) is 5.91 Å². The van der Waals surface area contributed by atoms with Gasteiger partial charge in [0.25, 0.3) is 11.8 Å². The molecular formula is C24H19F3N4O4S. The zero-order valence-electron chi connectivity index (χ0n) is 18.7. The lowest BCUT2D eigenvalue weighted by Gasteiger charge is -2.27. The molecule has 8 nitrogen and oxygen atoms in total. The van der Waals surface area contributed by atoms with Gasteiger partial charge in [-0.25, -0.2) is 0 Å². The van der Waals surface area contributed by atoms with Gasteiger partial charge in [0, 0.05) is 24.3 Å². The molecule has 0 saturated carbocycles. The first-order valence-corrected chi connectivity index (χ1v) is 11.8. The Kier molecular flexibility index (Phi) is 6.31. The minimum atomic E-state index is -4.56. The molecule has 5 rings (SSSR count). The van der Waals surface area contributed by atoms with Gasteiger partial charge in [0.05, 0.1) is 34.9 Å². The number of morpholine rings is 1. The molecule has 186 valence electrons. The van der Waals surface area contributed by atoms with Crippen LogP contribution < -0.4 is 10.2 Å². The molecular weight excluding hydrogens is 497 g/mol. The van der Waals surface area contributed by atoms with Crippen LogP contribution in [0.3, 0.4) is 0 Å². The second kappa shape index (κ2) is 9.43. The lowest BCUT2D eigenvalue weighted by molar-refractivity contribution is -0.137. The molecule has 0 unspecified atom stereocenters. The topological polar surface area (TPSA) is 91.3 Å². The first kappa shape index (κ1) is 24.1. The largest absolute Gasteiger partial charge is 0.416 e. The Bertz CT molecular complexity index is 1320. The molecule has 1 N–H and O–H groups in total. The molecule has 3 aliphatic heterocycles. The number of amidine groups is 1. The number of halogens is 3. The fourth-order valence-electron chi connectivity index (χ4n) is 4.12. The molecule has 3 heterocycles. The van der Waals surface area contributed by atoms with E-state index in [-0.39, 0.29) is 16.2 Å². The van der Waals surface area contributed by atoms with E-state index in [1.165, 1.54) is 17.0 Å². The van der Waals surface area contributed by atoms with Gasteiger partial charge in [-0.05, 0) is 36.0 Å². The molecule has 1 saturated heterocycles. The van der Waals surface area contributed by atoms with Crippen LogP contribution in [0.15, 0.2) is 58.4 Å². The molecule has 0 aliphatic carbocycles. The van der Waals surface area contributed by atoms with Crippen molar-refractivity contribution in [2.75, 3.05) is 43.1 Å². The summed E-state index contributed by atoms with van der Waals surface area (Å²) in [5.74, 6) is -1.76. The summed E-state index contributed by atoms with van der Waals surface area (Å²) in [4.78, 5) is 46.4. The summed E-state index contributed by atoms with van der Waals surface area (Å²) in [5.41, 5.74) is 0.127. The van der Waals surface area contributed by atoms with Gasteiger partial charge < -0.3 is 15.0 Å². The van der Waals surface area contributed by atoms with Gasteiger partial charge in [-0.2, -0.15) is 18.2 Å². The first-order valence-electron chi connectivity index (χ1n) is 11.0. The number of aliphatic imine (C=N–C) groups is 1. The molecule has 0 bridgehead atoms. The van der Waals surface area contributed by atoms with Gasteiger partial charge in [0.15, 0.2) is 5.17 Å². The second-order valence-electron chi connectivity index (χ2n) is 8.14. The maximum absolute atomic E-state index is 13.4. The van der Waals surface area contributed by atoms with Crippen LogP contribution in [0.5, 0.6) is 0 Å². The average molecular weight is 517 g/mol. The van der Waals surface area contributed by atoms with Gasteiger partial charge >= 0.3 is 6.18 Å². The highest BCUT2D eigenvalue weighted by atomic mass is 32.2. The number of carbonyl (C=O) groups is 3. The van der Waals surface area contributed by atoms with Crippen molar-refractivity contribution in [1.82, 2.24) is 4.90 Å². The van der Waals surface area contributed by atoms with Crippen LogP contribution in [0.1, 0.15) is 11.1 Å². The van der Waals surface area contributed by atoms with Crippen molar-refractivity contribution in [3.8, 4) is 0 Å². The zero-order chi connectivity index (χ0) is 25.4. The summed E-state index contributed by atoms with van der Waals surface area (Å²) >= 11 is 1.11. The van der Waals surface area contributed by atoms with E-state index in [9.17, 15) is 27.6 Å². The number of thioether (sulfide) groups is 1. The van der Waals surface area contributed by atoms with E-state index in [2.05, 4.69) is 10.3 Å². The fraction of sp³-hybridized carbons (Fsp3) is 0.250. The van der Waals surface area contributed by atoms with Crippen molar-refractivity contribution in [2.45, 2.75) is 6.18 Å². The van der Waals surface area contributed by atoms with Crippen molar-refractivity contribution >= 4 is 51.6 Å². The lowest BCUT2D eigenvalue weighted by Crippen LogP contribution is -2.38. The second-order valence-corrected chi connectivity index (χ2v) is 9.12. The van der Waals surface area contributed by atoms with E-state index < -0.39 is 36.0 Å². The molecule has 0 radical (unpaired) electrons. The number of hydrogen-bond donors (Lipinski definition) is 1. The highest BCUT2D eigenvalue weighted by Crippen LogP contribution is 2.43. The molecule has 36 heavy (non-hydrogen) atoms. The number of carbonyl (C=O) groups excluding carboxylic acids is 3. The summed E-state index contributed by atoms with van der Waals surface area (Å²) in [6.45, 7) is 1.73. The number of nitrogens with one attached hydrogen (secondary N) is 1. The zero-order valence-corrected chi connectivity index (χ0v) is 19.5. The molecule has 3 aliphatic rings. The van der Waals surface area contributed by atoms with Gasteiger partial charge in [0.1, 0.15) is 6.54 Å². The van der Waals surface area contributed by atoms with Crippen LogP contribution in [0.25, 0.3) is 5.57 Å². The summed E-state index contributed by atoms with van der Waals surface area (Å²) in [6.07, 6.45) is -4.56. The van der Waals surface area contributed by atoms with E-state index in [1.54, 1.807) is 24.3 Å². The Morgan fingerprint density at radius 1 is 1.08 bits per heavy atom. The predicted octanol–water partition coefficient (Wildman–Crippen LogP) is 3.36. The van der Waals surface area contributed by atoms with Gasteiger partial charge in [-0.3, -0.25) is 19.3 Å². The van der Waals surface area contributed by atoms with Crippen LogP contribution in [0, 0.1) is 0 Å². The molecule has 0 atom stereocenters. The van der Waals surface area contributed by atoms with Crippen LogP contribution in [-0.2, 0) is 25.3 Å². The SMILES string of the molecule is O=C(CN1C(=O)C(=C2SC(N3CCOCC3)=NC2=O)c2ccccc21)Nc1cccc(C(F)(F)F)c1. The van der Waals surface area contributed by atoms with Gasteiger partial charge in [-0.1, -0.05) is 24.3 Å². The van der Waals surface area contributed by atoms with E-state index in [1.807, 2.05) is 4.90 Å². The monoisotopic (exact) mass is 516 g/mol. The highest BCUT2D eigenvalue weighted by Gasteiger charge is 2.40. The number of hydrogen-bond acceptors (Lipinski definition) is 6. The van der Waals surface area contributed by atoms with E-state index in [0.29, 0.717) is 42.7 Å². The number of alkyl halides is 3. The van der Waals surface area contributed by atoms with Gasteiger partial charge in [-0.15, -0.1) is 0 Å². The fourth-order valence-corrected chi connectivity index (χ4v) is 5.17.